The summed E-state index contributed by atoms with van der Waals surface area (Å²) in [6.45, 7) is 10.1. The molecular weight excluding hydrogens is 343 g/mol. The third-order valence-corrected chi connectivity index (χ3v) is 11.5. The van der Waals surface area contributed by atoms with Crippen LogP contribution < -0.4 is 0 Å². The van der Waals surface area contributed by atoms with Gasteiger partial charge in [-0.2, -0.15) is 0 Å². The molecule has 2 bridgehead atoms. The number of rotatable bonds is 5. The van der Waals surface area contributed by atoms with Crippen molar-refractivity contribution in [2.24, 2.45) is 35.0 Å². The average Bonchev–Trinajstić information content (AvgIpc) is 2.96. The number of fused-ring (bicyclic) bond motifs is 3. The third kappa shape index (κ3) is 3.83. The zero-order valence-electron chi connectivity index (χ0n) is 18.7. The summed E-state index contributed by atoms with van der Waals surface area (Å²) < 4.78 is 0. The fourth-order valence-electron chi connectivity index (χ4n) is 8.07. The van der Waals surface area contributed by atoms with Crippen LogP contribution in [0.3, 0.4) is 0 Å². The van der Waals surface area contributed by atoms with Gasteiger partial charge in [-0.3, -0.25) is 0 Å². The first-order valence-corrected chi connectivity index (χ1v) is 13.6. The van der Waals surface area contributed by atoms with Crippen molar-refractivity contribution in [3.63, 3.8) is 0 Å². The second kappa shape index (κ2) is 8.13. The van der Waals surface area contributed by atoms with Crippen LogP contribution in [0.1, 0.15) is 105 Å². The zero-order chi connectivity index (χ0) is 19.1. The van der Waals surface area contributed by atoms with Crippen molar-refractivity contribution in [1.29, 1.82) is 0 Å². The highest BCUT2D eigenvalue weighted by Gasteiger charge is 2.54. The summed E-state index contributed by atoms with van der Waals surface area (Å²) in [5.41, 5.74) is 2.57. The number of hydrogen-bond acceptors (Lipinski definition) is 0. The Bertz CT molecular complexity index is 548. The summed E-state index contributed by atoms with van der Waals surface area (Å²) in [6, 6.07) is 0. The van der Waals surface area contributed by atoms with E-state index in [2.05, 4.69) is 33.8 Å². The van der Waals surface area contributed by atoms with Crippen LogP contribution in [-0.4, -0.2) is 11.3 Å². The Hall–Kier alpha value is 0.170. The zero-order valence-corrected chi connectivity index (χ0v) is 19.7. The van der Waals surface area contributed by atoms with Crippen LogP contribution in [0.4, 0.5) is 0 Å². The maximum Gasteiger partial charge on any atom is 0.00879 e. The normalized spacial score (nSPS) is 43.6. The quantitative estimate of drug-likeness (QED) is 0.329. The van der Waals surface area contributed by atoms with E-state index in [1.165, 1.54) is 72.5 Å². The van der Waals surface area contributed by atoms with Crippen LogP contribution in [0, 0.1) is 35.0 Å². The first kappa shape index (κ1) is 20.4. The lowest BCUT2D eigenvalue weighted by Crippen LogP contribution is -2.44. The molecule has 0 aromatic rings. The Kier molecular flexibility index (Phi) is 6.15. The molecule has 27 heavy (non-hydrogen) atoms. The van der Waals surface area contributed by atoms with Gasteiger partial charge in [-0.15, -0.1) is 8.58 Å². The van der Waals surface area contributed by atoms with E-state index in [0.29, 0.717) is 10.6 Å². The number of hydrogen-bond donors (Lipinski definition) is 0. The van der Waals surface area contributed by atoms with Crippen molar-refractivity contribution in [1.82, 2.24) is 0 Å². The molecule has 3 aliphatic carbocycles. The summed E-state index contributed by atoms with van der Waals surface area (Å²) >= 11 is 0. The molecule has 154 valence electrons. The Morgan fingerprint density at radius 2 is 1.96 bits per heavy atom. The fraction of sp³-hybridized carbons (Fsp3) is 0.923. The molecule has 7 atom stereocenters. The summed E-state index contributed by atoms with van der Waals surface area (Å²) in [7, 11) is 1.23. The summed E-state index contributed by atoms with van der Waals surface area (Å²) in [5, 5.41) is 0.684. The third-order valence-electron chi connectivity index (χ3n) is 9.50. The first-order valence-electron chi connectivity index (χ1n) is 12.4. The van der Waals surface area contributed by atoms with Gasteiger partial charge in [0.25, 0.3) is 0 Å². The van der Waals surface area contributed by atoms with E-state index in [0.717, 1.165) is 29.6 Å². The molecule has 1 spiro atoms. The van der Waals surface area contributed by atoms with Gasteiger partial charge in [-0.1, -0.05) is 65.0 Å². The lowest BCUT2D eigenvalue weighted by molar-refractivity contribution is 0.0590. The van der Waals surface area contributed by atoms with Crippen LogP contribution in [0.5, 0.6) is 0 Å². The minimum absolute atomic E-state index is 0.649. The Balaban J connectivity index is 1.49. The van der Waals surface area contributed by atoms with E-state index < -0.39 is 0 Å². The van der Waals surface area contributed by atoms with Crippen molar-refractivity contribution < 1.29 is 0 Å². The van der Waals surface area contributed by atoms with Gasteiger partial charge in [0.1, 0.15) is 0 Å². The number of allylic oxidation sites excluding steroid dienone is 2. The van der Waals surface area contributed by atoms with Gasteiger partial charge in [0.05, 0.1) is 0 Å². The maximum atomic E-state index is 2.77. The summed E-state index contributed by atoms with van der Waals surface area (Å²) in [5.74, 6) is 4.86. The highest BCUT2D eigenvalue weighted by atomic mass is 31.1. The SMILES string of the molecule is CC(C)CCCC(C)C1CCC2C3CC=C4CCCC[C@@]4(C3)PCC[C@]12C. The molecule has 0 radical (unpaired) electrons. The molecule has 1 heteroatoms. The molecule has 4 aliphatic rings. The summed E-state index contributed by atoms with van der Waals surface area (Å²) in [6.07, 6.45) is 22.2. The maximum absolute atomic E-state index is 2.77. The fourth-order valence-corrected chi connectivity index (χ4v) is 10.4. The molecule has 0 amide bonds. The largest absolute Gasteiger partial charge is 0.111 e. The summed E-state index contributed by atoms with van der Waals surface area (Å²) in [4.78, 5) is 0. The molecule has 1 saturated heterocycles. The predicted molar refractivity (Wildman–Crippen MR) is 122 cm³/mol. The van der Waals surface area contributed by atoms with Gasteiger partial charge >= 0.3 is 0 Å². The van der Waals surface area contributed by atoms with Gasteiger partial charge in [-0.25, -0.2) is 0 Å². The van der Waals surface area contributed by atoms with Gasteiger partial charge < -0.3 is 0 Å². The van der Waals surface area contributed by atoms with Crippen molar-refractivity contribution in [3.8, 4) is 0 Å². The van der Waals surface area contributed by atoms with Crippen LogP contribution >= 0.6 is 8.58 Å². The Morgan fingerprint density at radius 3 is 2.78 bits per heavy atom. The van der Waals surface area contributed by atoms with Crippen LogP contribution in [0.2, 0.25) is 0 Å². The van der Waals surface area contributed by atoms with Crippen molar-refractivity contribution >= 4 is 8.58 Å². The van der Waals surface area contributed by atoms with Crippen LogP contribution in [-0.2, 0) is 0 Å². The second-order valence-corrected chi connectivity index (χ2v) is 13.3. The second-order valence-electron chi connectivity index (χ2n) is 11.5. The molecule has 4 rings (SSSR count). The van der Waals surface area contributed by atoms with Gasteiger partial charge in [0.2, 0.25) is 0 Å². The molecule has 0 nitrogen and oxygen atoms in total. The van der Waals surface area contributed by atoms with E-state index in [9.17, 15) is 0 Å². The average molecular weight is 389 g/mol. The standard InChI is InChI=1S/C26H45P/c1-19(2)8-7-9-20(3)23-13-14-24-21-11-12-22-10-5-6-15-26(22,18-21)27-17-16-25(23,24)4/h12,19-21,23-24,27H,5-11,13-18H2,1-4H3/t20?,21?,23?,24?,25-,26+/m1/s1. The predicted octanol–water partition coefficient (Wildman–Crippen LogP) is 8.21. The van der Waals surface area contributed by atoms with Crippen molar-refractivity contribution in [2.75, 3.05) is 6.16 Å². The molecule has 2 saturated carbocycles. The lowest BCUT2D eigenvalue weighted by atomic mass is 9.59. The molecule has 3 fully saturated rings. The monoisotopic (exact) mass is 388 g/mol. The van der Waals surface area contributed by atoms with E-state index in [1.807, 2.05) is 5.57 Å². The van der Waals surface area contributed by atoms with Gasteiger partial charge in [0, 0.05) is 5.16 Å². The molecule has 0 N–H and O–H groups in total. The minimum atomic E-state index is 0.649. The van der Waals surface area contributed by atoms with Crippen molar-refractivity contribution in [2.45, 2.75) is 110 Å². The molecule has 1 aliphatic heterocycles. The molecule has 0 aromatic heterocycles. The van der Waals surface area contributed by atoms with Crippen LogP contribution in [0.15, 0.2) is 11.6 Å². The molecule has 0 aromatic carbocycles. The molecule has 1 heterocycles. The van der Waals surface area contributed by atoms with E-state index >= 15 is 0 Å². The lowest BCUT2D eigenvalue weighted by Gasteiger charge is -2.53. The Labute approximate surface area is 171 Å². The smallest absolute Gasteiger partial charge is 0.00879 e. The molecular formula is C26H45P. The topological polar surface area (TPSA) is 0 Å². The first-order chi connectivity index (χ1) is 12.9. The van der Waals surface area contributed by atoms with Crippen LogP contribution in [0.25, 0.3) is 0 Å². The van der Waals surface area contributed by atoms with Crippen molar-refractivity contribution in [3.05, 3.63) is 11.6 Å². The highest BCUT2D eigenvalue weighted by Crippen LogP contribution is 2.65. The van der Waals surface area contributed by atoms with E-state index in [1.54, 1.807) is 19.3 Å². The van der Waals surface area contributed by atoms with E-state index in [4.69, 9.17) is 0 Å². The highest BCUT2D eigenvalue weighted by molar-refractivity contribution is 7.40. The molecule has 5 unspecified atom stereocenters. The Morgan fingerprint density at radius 1 is 1.11 bits per heavy atom. The minimum Gasteiger partial charge on any atom is -0.111 e. The van der Waals surface area contributed by atoms with E-state index in [-0.39, 0.29) is 0 Å². The van der Waals surface area contributed by atoms with Gasteiger partial charge in [0.15, 0.2) is 0 Å². The van der Waals surface area contributed by atoms with Gasteiger partial charge in [-0.05, 0) is 92.5 Å².